The first-order valence-corrected chi connectivity index (χ1v) is 9.72. The number of likely N-dealkylation sites (tertiary alicyclic amines) is 1. The molecule has 2 N–H and O–H groups in total. The Morgan fingerprint density at radius 1 is 1.33 bits per heavy atom. The lowest BCUT2D eigenvalue weighted by Gasteiger charge is -2.34. The molecule has 0 radical (unpaired) electrons. The van der Waals surface area contributed by atoms with Gasteiger partial charge in [-0.25, -0.2) is 4.79 Å². The zero-order valence-corrected chi connectivity index (χ0v) is 15.8. The van der Waals surface area contributed by atoms with Crippen molar-refractivity contribution in [1.29, 1.82) is 0 Å². The van der Waals surface area contributed by atoms with Crippen molar-refractivity contribution in [2.24, 2.45) is 5.92 Å². The number of benzene rings is 1. The number of urea groups is 1. The molecule has 2 heterocycles. The average molecular weight is 372 g/mol. The first-order valence-electron chi connectivity index (χ1n) is 9.72. The van der Waals surface area contributed by atoms with E-state index in [1.807, 2.05) is 42.2 Å². The molecule has 7 nitrogen and oxygen atoms in total. The highest BCUT2D eigenvalue weighted by Gasteiger charge is 2.27. The Balaban J connectivity index is 1.37. The summed E-state index contributed by atoms with van der Waals surface area (Å²) in [4.78, 5) is 18.4. The van der Waals surface area contributed by atoms with Crippen molar-refractivity contribution in [2.45, 2.75) is 45.1 Å². The maximum absolute atomic E-state index is 12.3. The molecular formula is C20H28N4O3. The molecule has 27 heavy (non-hydrogen) atoms. The van der Waals surface area contributed by atoms with Gasteiger partial charge in [0.25, 0.3) is 0 Å². The van der Waals surface area contributed by atoms with Crippen LogP contribution in [-0.4, -0.2) is 51.9 Å². The van der Waals surface area contributed by atoms with Crippen molar-refractivity contribution in [2.75, 3.05) is 19.6 Å². The van der Waals surface area contributed by atoms with Gasteiger partial charge < -0.3 is 19.8 Å². The van der Waals surface area contributed by atoms with Crippen LogP contribution in [0.15, 0.2) is 34.9 Å². The third-order valence-electron chi connectivity index (χ3n) is 5.10. The van der Waals surface area contributed by atoms with E-state index in [2.05, 4.69) is 15.5 Å². The zero-order chi connectivity index (χ0) is 19.1. The van der Waals surface area contributed by atoms with E-state index in [9.17, 15) is 9.90 Å². The number of aryl methyl sites for hydroxylation is 1. The van der Waals surface area contributed by atoms with E-state index < -0.39 is 0 Å². The van der Waals surface area contributed by atoms with Crippen molar-refractivity contribution < 1.29 is 14.4 Å². The van der Waals surface area contributed by atoms with E-state index in [0.29, 0.717) is 50.6 Å². The first-order chi connectivity index (χ1) is 13.2. The fraction of sp³-hybridized carbons (Fsp3) is 0.550. The van der Waals surface area contributed by atoms with Crippen molar-refractivity contribution >= 4 is 6.03 Å². The van der Waals surface area contributed by atoms with Crippen LogP contribution in [0.4, 0.5) is 4.79 Å². The number of piperidine rings is 1. The minimum absolute atomic E-state index is 0.0646. The van der Waals surface area contributed by atoms with E-state index >= 15 is 0 Å². The van der Waals surface area contributed by atoms with Gasteiger partial charge in [-0.1, -0.05) is 42.4 Å². The molecule has 2 amide bonds. The quantitative estimate of drug-likeness (QED) is 0.777. The summed E-state index contributed by atoms with van der Waals surface area (Å²) in [5.74, 6) is 1.48. The number of rotatable bonds is 7. The summed E-state index contributed by atoms with van der Waals surface area (Å²) < 4.78 is 5.06. The van der Waals surface area contributed by atoms with Crippen LogP contribution in [0.5, 0.6) is 0 Å². The number of hydrogen-bond acceptors (Lipinski definition) is 5. The Morgan fingerprint density at radius 2 is 2.07 bits per heavy atom. The largest absolute Gasteiger partial charge is 0.392 e. The van der Waals surface area contributed by atoms with E-state index in [4.69, 9.17) is 4.52 Å². The molecule has 0 aliphatic carbocycles. The molecule has 0 saturated carbocycles. The lowest BCUT2D eigenvalue weighted by atomic mass is 9.88. The number of carbonyl (C=O) groups is 1. The van der Waals surface area contributed by atoms with Crippen LogP contribution in [0.25, 0.3) is 0 Å². The maximum Gasteiger partial charge on any atom is 0.317 e. The number of carbonyl (C=O) groups excluding carboxylic acids is 1. The minimum Gasteiger partial charge on any atom is -0.392 e. The topological polar surface area (TPSA) is 91.5 Å². The molecule has 7 heteroatoms. The fourth-order valence-corrected chi connectivity index (χ4v) is 3.44. The second-order valence-electron chi connectivity index (χ2n) is 7.02. The Labute approximate surface area is 159 Å². The van der Waals surface area contributed by atoms with Crippen molar-refractivity contribution in [3.05, 3.63) is 47.6 Å². The van der Waals surface area contributed by atoms with E-state index in [1.54, 1.807) is 0 Å². The Hall–Kier alpha value is -2.41. The summed E-state index contributed by atoms with van der Waals surface area (Å²) in [6.07, 6.45) is 3.23. The number of nitrogens with one attached hydrogen (secondary N) is 1. The summed E-state index contributed by atoms with van der Waals surface area (Å²) in [6, 6.07) is 9.98. The van der Waals surface area contributed by atoms with Gasteiger partial charge in [0, 0.05) is 32.5 Å². The van der Waals surface area contributed by atoms with E-state index in [0.717, 1.165) is 18.4 Å². The fourth-order valence-electron chi connectivity index (χ4n) is 3.44. The highest BCUT2D eigenvalue weighted by molar-refractivity contribution is 5.74. The molecule has 1 aliphatic rings. The lowest BCUT2D eigenvalue weighted by Crippen LogP contribution is -2.46. The Kier molecular flexibility index (Phi) is 6.81. The van der Waals surface area contributed by atoms with Crippen molar-refractivity contribution in [3.8, 4) is 0 Å². The lowest BCUT2D eigenvalue weighted by molar-refractivity contribution is 0.0672. The number of hydrogen-bond donors (Lipinski definition) is 2. The van der Waals surface area contributed by atoms with Gasteiger partial charge in [-0.2, -0.15) is 4.98 Å². The van der Waals surface area contributed by atoms with Gasteiger partial charge >= 0.3 is 6.03 Å². The number of aromatic nitrogens is 2. The highest BCUT2D eigenvalue weighted by atomic mass is 16.5. The Bertz CT molecular complexity index is 711. The highest BCUT2D eigenvalue weighted by Crippen LogP contribution is 2.23. The van der Waals surface area contributed by atoms with Crippen LogP contribution in [0.3, 0.4) is 0 Å². The molecule has 1 aromatic heterocycles. The zero-order valence-electron chi connectivity index (χ0n) is 15.8. The van der Waals surface area contributed by atoms with Gasteiger partial charge in [-0.05, 0) is 30.7 Å². The molecule has 1 saturated heterocycles. The molecule has 0 bridgehead atoms. The second-order valence-corrected chi connectivity index (χ2v) is 7.02. The van der Waals surface area contributed by atoms with Gasteiger partial charge in [0.1, 0.15) is 0 Å². The smallest absolute Gasteiger partial charge is 0.317 e. The summed E-state index contributed by atoms with van der Waals surface area (Å²) in [5, 5.41) is 17.3. The van der Waals surface area contributed by atoms with Crippen LogP contribution in [-0.2, 0) is 19.3 Å². The number of nitrogens with zero attached hydrogens (tertiary/aromatic N) is 3. The maximum atomic E-state index is 12.3. The SMILES string of the molecule is CCc1nc(CCNC(=O)N2CCC([C@@H](O)Cc3ccccc3)CC2)no1. The third kappa shape index (κ3) is 5.53. The Morgan fingerprint density at radius 3 is 2.74 bits per heavy atom. The normalized spacial score (nSPS) is 16.3. The molecule has 0 spiro atoms. The third-order valence-corrected chi connectivity index (χ3v) is 5.10. The van der Waals surface area contributed by atoms with Crippen molar-refractivity contribution in [3.63, 3.8) is 0 Å². The molecule has 2 aromatic rings. The molecule has 1 atom stereocenters. The molecule has 1 fully saturated rings. The average Bonchev–Trinajstić information content (AvgIpc) is 3.17. The van der Waals surface area contributed by atoms with Crippen LogP contribution in [0.1, 0.15) is 37.0 Å². The number of aliphatic hydroxyl groups is 1. The first kappa shape index (κ1) is 19.4. The molecule has 1 aliphatic heterocycles. The van der Waals surface area contributed by atoms with Gasteiger partial charge in [-0.3, -0.25) is 0 Å². The van der Waals surface area contributed by atoms with Crippen LogP contribution >= 0.6 is 0 Å². The van der Waals surface area contributed by atoms with Crippen molar-refractivity contribution in [1.82, 2.24) is 20.4 Å². The summed E-state index contributed by atoms with van der Waals surface area (Å²) in [7, 11) is 0. The predicted molar refractivity (Wildman–Crippen MR) is 101 cm³/mol. The molecular weight excluding hydrogens is 344 g/mol. The van der Waals surface area contributed by atoms with E-state index in [1.165, 1.54) is 0 Å². The van der Waals surface area contributed by atoms with Crippen LogP contribution < -0.4 is 5.32 Å². The second kappa shape index (κ2) is 9.50. The van der Waals surface area contributed by atoms with Crippen LogP contribution in [0.2, 0.25) is 0 Å². The number of aliphatic hydroxyl groups excluding tert-OH is 1. The van der Waals surface area contributed by atoms with E-state index in [-0.39, 0.29) is 18.1 Å². The predicted octanol–water partition coefficient (Wildman–Crippen LogP) is 2.20. The molecule has 0 unspecified atom stereocenters. The van der Waals surface area contributed by atoms with Crippen LogP contribution in [0, 0.1) is 5.92 Å². The summed E-state index contributed by atoms with van der Waals surface area (Å²) in [5.41, 5.74) is 1.15. The standard InChI is InChI=1S/C20H28N4O3/c1-2-19-22-18(23-27-19)8-11-21-20(26)24-12-9-16(10-13-24)17(25)14-15-6-4-3-5-7-15/h3-7,16-17,25H,2,8-14H2,1H3,(H,21,26)/t17-/m0/s1. The molecule has 146 valence electrons. The summed E-state index contributed by atoms with van der Waals surface area (Å²) >= 11 is 0. The number of amides is 2. The summed E-state index contributed by atoms with van der Waals surface area (Å²) in [6.45, 7) is 3.78. The van der Waals surface area contributed by atoms with Gasteiger partial charge in [-0.15, -0.1) is 0 Å². The molecule has 3 rings (SSSR count). The van der Waals surface area contributed by atoms with Gasteiger partial charge in [0.15, 0.2) is 5.82 Å². The van der Waals surface area contributed by atoms with Gasteiger partial charge in [0.05, 0.1) is 6.10 Å². The monoisotopic (exact) mass is 372 g/mol. The van der Waals surface area contributed by atoms with Gasteiger partial charge in [0.2, 0.25) is 5.89 Å². The molecule has 1 aromatic carbocycles. The minimum atomic E-state index is -0.358.